The number of carbonyl (C=O) groups is 2. The molecule has 0 atom stereocenters. The van der Waals surface area contributed by atoms with Crippen LogP contribution in [0.4, 0.5) is 9.59 Å². The normalized spacial score (nSPS) is 10.7. The fraction of sp³-hybridized carbons (Fsp3) is 0.571. The Morgan fingerprint density at radius 3 is 1.86 bits per heavy atom. The molecule has 0 rings (SSSR count). The Hall–Kier alpha value is -2.02. The van der Waals surface area contributed by atoms with Gasteiger partial charge < -0.3 is 14.4 Å². The van der Waals surface area contributed by atoms with Gasteiger partial charge in [0.25, 0.3) is 0 Å². The van der Waals surface area contributed by atoms with Crippen LogP contribution < -0.4 is 10.6 Å². The Balaban J connectivity index is 4.51. The molecule has 0 unspecified atom stereocenters. The molecule has 0 saturated carbocycles. The van der Waals surface area contributed by atoms with Gasteiger partial charge in [-0.15, -0.1) is 0 Å². The molecule has 2 N–H and O–H groups in total. The molecular formula is C14H25N3O4. The van der Waals surface area contributed by atoms with Crippen LogP contribution in [0.1, 0.15) is 13.3 Å². The fourth-order valence-electron chi connectivity index (χ4n) is 1.41. The second-order valence-corrected chi connectivity index (χ2v) is 5.21. The third kappa shape index (κ3) is 9.50. The number of hydrogen-bond acceptors (Lipinski definition) is 5. The number of rotatable bonds is 9. The quantitative estimate of drug-likeness (QED) is 0.677. The van der Waals surface area contributed by atoms with Crippen molar-refractivity contribution in [2.24, 2.45) is 5.41 Å². The fourth-order valence-corrected chi connectivity index (χ4v) is 1.41. The zero-order chi connectivity index (χ0) is 16.3. The highest BCUT2D eigenvalue weighted by Crippen LogP contribution is 2.23. The van der Waals surface area contributed by atoms with E-state index in [4.69, 9.17) is 9.47 Å². The predicted octanol–water partition coefficient (Wildman–Crippen LogP) is 1.68. The third-order valence-electron chi connectivity index (χ3n) is 2.71. The van der Waals surface area contributed by atoms with Crippen LogP contribution >= 0.6 is 0 Å². The van der Waals surface area contributed by atoms with Crippen LogP contribution in [0.3, 0.4) is 0 Å². The number of nitrogens with zero attached hydrogens (tertiary/aromatic N) is 1. The van der Waals surface area contributed by atoms with Crippen LogP contribution in [0.5, 0.6) is 0 Å². The van der Waals surface area contributed by atoms with E-state index in [-0.39, 0.29) is 13.2 Å². The van der Waals surface area contributed by atoms with Gasteiger partial charge >= 0.3 is 12.2 Å². The minimum Gasteiger partial charge on any atom is -0.449 e. The first-order valence-electron chi connectivity index (χ1n) is 6.56. The summed E-state index contributed by atoms with van der Waals surface area (Å²) in [5.41, 5.74) is -0.485. The van der Waals surface area contributed by atoms with Crippen molar-refractivity contribution in [3.63, 3.8) is 0 Å². The summed E-state index contributed by atoms with van der Waals surface area (Å²) in [6.45, 7) is 9.67. The minimum absolute atomic E-state index is 0.127. The van der Waals surface area contributed by atoms with Crippen LogP contribution in [0.2, 0.25) is 0 Å². The van der Waals surface area contributed by atoms with Gasteiger partial charge in [-0.3, -0.25) is 10.6 Å². The summed E-state index contributed by atoms with van der Waals surface area (Å²) in [5, 5.41) is 4.65. The predicted molar refractivity (Wildman–Crippen MR) is 80.6 cm³/mol. The first-order chi connectivity index (χ1) is 9.83. The summed E-state index contributed by atoms with van der Waals surface area (Å²) in [6, 6.07) is 0. The molecule has 0 bridgehead atoms. The molecule has 0 fully saturated rings. The molecule has 7 nitrogen and oxygen atoms in total. The molecule has 2 amide bonds. The van der Waals surface area contributed by atoms with Crippen molar-refractivity contribution in [1.29, 1.82) is 0 Å². The number of hydrogen-bond donors (Lipinski definition) is 2. The SMILES string of the molecule is C=CNC(=O)OCC(C)(CCN(C)C)COC(=O)NC=C. The smallest absolute Gasteiger partial charge is 0.411 e. The lowest BCUT2D eigenvalue weighted by Crippen LogP contribution is -2.36. The summed E-state index contributed by atoms with van der Waals surface area (Å²) >= 11 is 0. The summed E-state index contributed by atoms with van der Waals surface area (Å²) in [6.07, 6.45) is 2.01. The van der Waals surface area contributed by atoms with Crippen LogP contribution in [0.25, 0.3) is 0 Å². The lowest BCUT2D eigenvalue weighted by molar-refractivity contribution is 0.0298. The lowest BCUT2D eigenvalue weighted by Gasteiger charge is -2.29. The number of nitrogens with one attached hydrogen (secondary N) is 2. The van der Waals surface area contributed by atoms with E-state index in [2.05, 4.69) is 23.8 Å². The molecule has 7 heteroatoms. The van der Waals surface area contributed by atoms with Gasteiger partial charge in [0.2, 0.25) is 0 Å². The standard InChI is InChI=1S/C14H25N3O4/c1-6-15-12(18)20-10-14(3,8-9-17(4)5)11-21-13(19)16-7-2/h6-7H,1-2,8-11H2,3-5H3,(H,15,18)(H,16,19). The van der Waals surface area contributed by atoms with Gasteiger partial charge in [0.15, 0.2) is 0 Å². The van der Waals surface area contributed by atoms with Crippen molar-refractivity contribution >= 4 is 12.2 Å². The van der Waals surface area contributed by atoms with E-state index in [1.807, 2.05) is 25.9 Å². The highest BCUT2D eigenvalue weighted by Gasteiger charge is 2.28. The molecule has 0 aromatic heterocycles. The van der Waals surface area contributed by atoms with Crippen molar-refractivity contribution in [3.8, 4) is 0 Å². The van der Waals surface area contributed by atoms with Gasteiger partial charge in [0.05, 0.1) is 0 Å². The van der Waals surface area contributed by atoms with E-state index in [1.54, 1.807) is 0 Å². The number of ether oxygens (including phenoxy) is 2. The third-order valence-corrected chi connectivity index (χ3v) is 2.71. The highest BCUT2D eigenvalue weighted by molar-refractivity contribution is 5.68. The first kappa shape index (κ1) is 19.0. The van der Waals surface area contributed by atoms with Crippen LogP contribution in [-0.2, 0) is 9.47 Å². The van der Waals surface area contributed by atoms with Crippen LogP contribution in [0.15, 0.2) is 25.6 Å². The molecule has 0 aromatic carbocycles. The highest BCUT2D eigenvalue weighted by atomic mass is 16.6. The molecule has 0 heterocycles. The molecule has 0 saturated heterocycles. The van der Waals surface area contributed by atoms with Gasteiger partial charge in [-0.25, -0.2) is 9.59 Å². The number of alkyl carbamates (subject to hydrolysis) is 2. The topological polar surface area (TPSA) is 79.9 Å². The second-order valence-electron chi connectivity index (χ2n) is 5.21. The van der Waals surface area contributed by atoms with Crippen molar-refractivity contribution < 1.29 is 19.1 Å². The van der Waals surface area contributed by atoms with E-state index >= 15 is 0 Å². The molecule has 0 radical (unpaired) electrons. The molecule has 0 aliphatic heterocycles. The van der Waals surface area contributed by atoms with Gasteiger partial charge in [0, 0.05) is 5.41 Å². The molecule has 0 aromatic rings. The van der Waals surface area contributed by atoms with E-state index < -0.39 is 17.6 Å². The van der Waals surface area contributed by atoms with Crippen molar-refractivity contribution in [3.05, 3.63) is 25.6 Å². The molecule has 21 heavy (non-hydrogen) atoms. The Morgan fingerprint density at radius 1 is 1.10 bits per heavy atom. The second kappa shape index (κ2) is 9.82. The molecular weight excluding hydrogens is 274 g/mol. The van der Waals surface area contributed by atoms with E-state index in [0.717, 1.165) is 6.54 Å². The van der Waals surface area contributed by atoms with Gasteiger partial charge in [-0.1, -0.05) is 20.1 Å². The Morgan fingerprint density at radius 2 is 1.52 bits per heavy atom. The summed E-state index contributed by atoms with van der Waals surface area (Å²) in [4.78, 5) is 24.6. The Kier molecular flexibility index (Phi) is 8.87. The zero-order valence-electron chi connectivity index (χ0n) is 13.0. The molecule has 0 aliphatic carbocycles. The number of amides is 2. The van der Waals surface area contributed by atoms with Crippen molar-refractivity contribution in [1.82, 2.24) is 15.5 Å². The summed E-state index contributed by atoms with van der Waals surface area (Å²) in [7, 11) is 3.88. The van der Waals surface area contributed by atoms with Crippen molar-refractivity contribution in [2.45, 2.75) is 13.3 Å². The van der Waals surface area contributed by atoms with E-state index in [9.17, 15) is 9.59 Å². The number of carbonyl (C=O) groups excluding carboxylic acids is 2. The molecule has 120 valence electrons. The van der Waals surface area contributed by atoms with E-state index in [1.165, 1.54) is 12.4 Å². The maximum Gasteiger partial charge on any atom is 0.411 e. The van der Waals surface area contributed by atoms with Crippen LogP contribution in [0, 0.1) is 5.41 Å². The average Bonchev–Trinajstić information content (AvgIpc) is 2.42. The molecule has 0 aliphatic rings. The lowest BCUT2D eigenvalue weighted by atomic mass is 9.88. The monoisotopic (exact) mass is 299 g/mol. The summed E-state index contributed by atoms with van der Waals surface area (Å²) in [5.74, 6) is 0. The van der Waals surface area contributed by atoms with Gasteiger partial charge in [0.1, 0.15) is 13.2 Å². The Labute approximate surface area is 126 Å². The summed E-state index contributed by atoms with van der Waals surface area (Å²) < 4.78 is 10.2. The first-order valence-corrected chi connectivity index (χ1v) is 6.56. The van der Waals surface area contributed by atoms with Gasteiger partial charge in [-0.05, 0) is 39.5 Å². The van der Waals surface area contributed by atoms with Crippen molar-refractivity contribution in [2.75, 3.05) is 33.9 Å². The Bertz CT molecular complexity index is 343. The van der Waals surface area contributed by atoms with Crippen LogP contribution in [-0.4, -0.2) is 50.9 Å². The molecule has 0 spiro atoms. The largest absolute Gasteiger partial charge is 0.449 e. The zero-order valence-corrected chi connectivity index (χ0v) is 13.0. The maximum absolute atomic E-state index is 11.3. The maximum atomic E-state index is 11.3. The minimum atomic E-state index is -0.586. The van der Waals surface area contributed by atoms with Gasteiger partial charge in [-0.2, -0.15) is 0 Å². The average molecular weight is 299 g/mol. The van der Waals surface area contributed by atoms with E-state index in [0.29, 0.717) is 6.42 Å².